The Labute approximate surface area is 149 Å². The lowest BCUT2D eigenvalue weighted by Crippen LogP contribution is -2.70. The SMILES string of the molecule is COCC1=C(C(=O)O)N2C(=O)C(NC(=O)Cc3ccccc3)[C@@H]2SC1. The number of nitrogens with one attached hydrogen (secondary N) is 1. The van der Waals surface area contributed by atoms with Crippen molar-refractivity contribution < 1.29 is 24.2 Å². The Morgan fingerprint density at radius 2 is 2.08 bits per heavy atom. The Hall–Kier alpha value is -2.32. The van der Waals surface area contributed by atoms with Gasteiger partial charge < -0.3 is 15.2 Å². The van der Waals surface area contributed by atoms with Crippen molar-refractivity contribution in [3.63, 3.8) is 0 Å². The maximum Gasteiger partial charge on any atom is 0.352 e. The minimum Gasteiger partial charge on any atom is -0.477 e. The molecular formula is C17H18N2O5S. The number of benzene rings is 1. The molecule has 3 rings (SSSR count). The number of hydrogen-bond donors (Lipinski definition) is 2. The van der Waals surface area contributed by atoms with Crippen LogP contribution < -0.4 is 5.32 Å². The second kappa shape index (κ2) is 7.28. The van der Waals surface area contributed by atoms with Gasteiger partial charge in [0, 0.05) is 12.9 Å². The standard InChI is InChI=1S/C17H18N2O5S/c1-24-8-11-9-25-16-13(15(21)19(16)14(11)17(22)23)18-12(20)7-10-5-3-2-4-6-10/h2-6,13,16H,7-9H2,1H3,(H,18,20)(H,22,23)/t13?,16-/m0/s1. The van der Waals surface area contributed by atoms with E-state index in [1.165, 1.54) is 23.8 Å². The van der Waals surface area contributed by atoms with Crippen molar-refractivity contribution in [2.24, 2.45) is 0 Å². The van der Waals surface area contributed by atoms with Crippen molar-refractivity contribution in [3.05, 3.63) is 47.2 Å². The summed E-state index contributed by atoms with van der Waals surface area (Å²) in [5, 5.41) is 11.8. The molecule has 2 atom stereocenters. The minimum absolute atomic E-state index is 0.0239. The average Bonchev–Trinajstić information content (AvgIpc) is 2.60. The molecule has 1 aromatic rings. The van der Waals surface area contributed by atoms with E-state index in [0.717, 1.165) is 5.56 Å². The number of methoxy groups -OCH3 is 1. The highest BCUT2D eigenvalue weighted by Gasteiger charge is 2.54. The number of amides is 2. The number of carboxylic acids is 1. The van der Waals surface area contributed by atoms with Crippen molar-refractivity contribution in [2.75, 3.05) is 19.5 Å². The van der Waals surface area contributed by atoms with Gasteiger partial charge in [0.2, 0.25) is 5.91 Å². The monoisotopic (exact) mass is 362 g/mol. The molecule has 2 amide bonds. The summed E-state index contributed by atoms with van der Waals surface area (Å²) in [6.45, 7) is 0.163. The third-order valence-electron chi connectivity index (χ3n) is 4.09. The first kappa shape index (κ1) is 17.5. The maximum atomic E-state index is 12.4. The van der Waals surface area contributed by atoms with E-state index >= 15 is 0 Å². The zero-order valence-corrected chi connectivity index (χ0v) is 14.4. The minimum atomic E-state index is -1.15. The summed E-state index contributed by atoms with van der Waals surface area (Å²) in [5.74, 6) is -1.35. The zero-order valence-electron chi connectivity index (χ0n) is 13.6. The van der Waals surface area contributed by atoms with Gasteiger partial charge in [0.25, 0.3) is 5.91 Å². The van der Waals surface area contributed by atoms with E-state index in [1.54, 1.807) is 0 Å². The summed E-state index contributed by atoms with van der Waals surface area (Å²) in [6, 6.07) is 8.54. The van der Waals surface area contributed by atoms with Crippen LogP contribution in [0, 0.1) is 0 Å². The van der Waals surface area contributed by atoms with Gasteiger partial charge in [0.05, 0.1) is 13.0 Å². The average molecular weight is 362 g/mol. The van der Waals surface area contributed by atoms with Crippen LogP contribution in [0.15, 0.2) is 41.6 Å². The highest BCUT2D eigenvalue weighted by atomic mass is 32.2. The lowest BCUT2D eigenvalue weighted by atomic mass is 10.0. The molecule has 1 saturated heterocycles. The summed E-state index contributed by atoms with van der Waals surface area (Å²) in [5.41, 5.74) is 1.40. The Balaban J connectivity index is 1.69. The second-order valence-electron chi connectivity index (χ2n) is 5.81. The van der Waals surface area contributed by atoms with Gasteiger partial charge in [-0.2, -0.15) is 0 Å². The molecular weight excluding hydrogens is 344 g/mol. The number of ether oxygens (including phenoxy) is 1. The van der Waals surface area contributed by atoms with Crippen LogP contribution in [0.3, 0.4) is 0 Å². The van der Waals surface area contributed by atoms with Crippen LogP contribution in [-0.2, 0) is 25.5 Å². The molecule has 1 aromatic carbocycles. The van der Waals surface area contributed by atoms with E-state index in [-0.39, 0.29) is 30.0 Å². The van der Waals surface area contributed by atoms with Gasteiger partial charge in [-0.05, 0) is 11.1 Å². The number of aliphatic carboxylic acids is 1. The summed E-state index contributed by atoms with van der Waals surface area (Å²) in [7, 11) is 1.48. The van der Waals surface area contributed by atoms with Crippen LogP contribution >= 0.6 is 11.8 Å². The van der Waals surface area contributed by atoms with Gasteiger partial charge in [-0.15, -0.1) is 11.8 Å². The molecule has 25 heavy (non-hydrogen) atoms. The molecule has 0 saturated carbocycles. The topological polar surface area (TPSA) is 95.9 Å². The number of nitrogens with zero attached hydrogens (tertiary/aromatic N) is 1. The largest absolute Gasteiger partial charge is 0.477 e. The maximum absolute atomic E-state index is 12.4. The third-order valence-corrected chi connectivity index (χ3v) is 5.43. The number of thioether (sulfide) groups is 1. The molecule has 0 aromatic heterocycles. The predicted molar refractivity (Wildman–Crippen MR) is 91.7 cm³/mol. The Kier molecular flexibility index (Phi) is 5.10. The Bertz CT molecular complexity index is 734. The molecule has 2 aliphatic heterocycles. The van der Waals surface area contributed by atoms with E-state index < -0.39 is 17.9 Å². The number of β-lactam (4-membered cyclic amide) rings is 1. The van der Waals surface area contributed by atoms with Crippen LogP contribution in [0.5, 0.6) is 0 Å². The number of hydrogen-bond acceptors (Lipinski definition) is 5. The van der Waals surface area contributed by atoms with E-state index in [4.69, 9.17) is 4.74 Å². The van der Waals surface area contributed by atoms with Crippen molar-refractivity contribution >= 4 is 29.5 Å². The van der Waals surface area contributed by atoms with Crippen LogP contribution in [0.25, 0.3) is 0 Å². The highest BCUT2D eigenvalue weighted by Crippen LogP contribution is 2.40. The molecule has 1 fully saturated rings. The van der Waals surface area contributed by atoms with Crippen LogP contribution in [-0.4, -0.2) is 58.7 Å². The first-order chi connectivity index (χ1) is 12.0. The predicted octanol–water partition coefficient (Wildman–Crippen LogP) is 0.614. The fourth-order valence-corrected chi connectivity index (χ4v) is 4.30. The summed E-state index contributed by atoms with van der Waals surface area (Å²) < 4.78 is 5.02. The fraction of sp³-hybridized carbons (Fsp3) is 0.353. The number of carbonyl (C=O) groups excluding carboxylic acids is 2. The van der Waals surface area contributed by atoms with Crippen molar-refractivity contribution in [1.29, 1.82) is 0 Å². The first-order valence-corrected chi connectivity index (χ1v) is 8.80. The number of fused-ring (bicyclic) bond motifs is 1. The fourth-order valence-electron chi connectivity index (χ4n) is 2.97. The summed E-state index contributed by atoms with van der Waals surface area (Å²) >= 11 is 1.43. The Morgan fingerprint density at radius 1 is 1.36 bits per heavy atom. The van der Waals surface area contributed by atoms with Gasteiger partial charge in [-0.25, -0.2) is 4.79 Å². The molecule has 0 radical (unpaired) electrons. The zero-order chi connectivity index (χ0) is 18.0. The van der Waals surface area contributed by atoms with E-state index in [1.807, 2.05) is 30.3 Å². The molecule has 0 bridgehead atoms. The molecule has 2 heterocycles. The molecule has 132 valence electrons. The molecule has 0 spiro atoms. The summed E-state index contributed by atoms with van der Waals surface area (Å²) in [6.07, 6.45) is 0.179. The third kappa shape index (κ3) is 3.40. The number of carbonyl (C=O) groups is 3. The van der Waals surface area contributed by atoms with E-state index in [0.29, 0.717) is 11.3 Å². The summed E-state index contributed by atoms with van der Waals surface area (Å²) in [4.78, 5) is 37.4. The van der Waals surface area contributed by atoms with Crippen molar-refractivity contribution in [1.82, 2.24) is 10.2 Å². The van der Waals surface area contributed by atoms with Gasteiger partial charge in [0.15, 0.2) is 0 Å². The quantitative estimate of drug-likeness (QED) is 0.720. The van der Waals surface area contributed by atoms with Crippen molar-refractivity contribution in [2.45, 2.75) is 17.8 Å². The molecule has 7 nitrogen and oxygen atoms in total. The Morgan fingerprint density at radius 3 is 2.72 bits per heavy atom. The first-order valence-electron chi connectivity index (χ1n) is 7.75. The van der Waals surface area contributed by atoms with Crippen LogP contribution in [0.4, 0.5) is 0 Å². The molecule has 1 unspecified atom stereocenters. The molecule has 8 heteroatoms. The van der Waals surface area contributed by atoms with Gasteiger partial charge >= 0.3 is 5.97 Å². The van der Waals surface area contributed by atoms with Gasteiger partial charge in [0.1, 0.15) is 17.1 Å². The lowest BCUT2D eigenvalue weighted by molar-refractivity contribution is -0.150. The normalized spacial score (nSPS) is 22.3. The molecule has 2 aliphatic rings. The van der Waals surface area contributed by atoms with Gasteiger partial charge in [-0.3, -0.25) is 14.5 Å². The number of rotatable bonds is 6. The number of carboxylic acid groups (broad SMARTS) is 1. The van der Waals surface area contributed by atoms with Crippen molar-refractivity contribution in [3.8, 4) is 0 Å². The lowest BCUT2D eigenvalue weighted by Gasteiger charge is -2.49. The second-order valence-corrected chi connectivity index (χ2v) is 6.91. The molecule has 2 N–H and O–H groups in total. The van der Waals surface area contributed by atoms with Gasteiger partial charge in [-0.1, -0.05) is 30.3 Å². The van der Waals surface area contributed by atoms with Crippen LogP contribution in [0.2, 0.25) is 0 Å². The van der Waals surface area contributed by atoms with E-state index in [9.17, 15) is 19.5 Å². The van der Waals surface area contributed by atoms with Crippen LogP contribution in [0.1, 0.15) is 5.56 Å². The molecule has 0 aliphatic carbocycles. The van der Waals surface area contributed by atoms with E-state index in [2.05, 4.69) is 5.32 Å². The highest BCUT2D eigenvalue weighted by molar-refractivity contribution is 8.00. The smallest absolute Gasteiger partial charge is 0.352 e.